The second kappa shape index (κ2) is 9.72. The van der Waals surface area contributed by atoms with Gasteiger partial charge in [-0.3, -0.25) is 4.57 Å². The third-order valence-electron chi connectivity index (χ3n) is 4.92. The van der Waals surface area contributed by atoms with Gasteiger partial charge in [-0.05, 0) is 43.2 Å². The summed E-state index contributed by atoms with van der Waals surface area (Å²) in [4.78, 5) is 12.2. The minimum atomic E-state index is -4.75. The van der Waals surface area contributed by atoms with Crippen LogP contribution < -0.4 is 11.2 Å². The number of halogens is 5. The Kier molecular flexibility index (Phi) is 7.15. The molecule has 3 rings (SSSR count). The number of hydrogen-bond acceptors (Lipinski definition) is 5. The van der Waals surface area contributed by atoms with Crippen LogP contribution in [-0.2, 0) is 13.2 Å². The van der Waals surface area contributed by atoms with Gasteiger partial charge in [-0.2, -0.15) is 13.2 Å². The lowest BCUT2D eigenvalue weighted by molar-refractivity contribution is -0.141. The van der Waals surface area contributed by atoms with Crippen LogP contribution in [0.15, 0.2) is 47.1 Å². The Labute approximate surface area is 192 Å². The number of pyridine rings is 1. The lowest BCUT2D eigenvalue weighted by atomic mass is 9.98. The second-order valence-corrected chi connectivity index (χ2v) is 7.45. The first-order valence-corrected chi connectivity index (χ1v) is 10.2. The van der Waals surface area contributed by atoms with Crippen molar-refractivity contribution in [1.29, 1.82) is 0 Å². The van der Waals surface area contributed by atoms with E-state index in [1.165, 1.54) is 24.6 Å². The van der Waals surface area contributed by atoms with E-state index >= 15 is 0 Å². The zero-order chi connectivity index (χ0) is 25.2. The Morgan fingerprint density at radius 3 is 2.47 bits per heavy atom. The highest BCUT2D eigenvalue weighted by atomic mass is 19.4. The average molecular weight is 479 g/mol. The summed E-state index contributed by atoms with van der Waals surface area (Å²) in [5, 5.41) is 9.72. The number of aromatic nitrogens is 3. The summed E-state index contributed by atoms with van der Waals surface area (Å²) in [6.07, 6.45) is -2.61. The van der Waals surface area contributed by atoms with Gasteiger partial charge in [0.2, 0.25) is 5.95 Å². The molecule has 0 aliphatic rings. The number of rotatable bonds is 5. The van der Waals surface area contributed by atoms with Crippen LogP contribution in [0.2, 0.25) is 0 Å². The van der Waals surface area contributed by atoms with Gasteiger partial charge in [-0.25, -0.2) is 23.7 Å². The van der Waals surface area contributed by atoms with E-state index in [1.54, 1.807) is 6.08 Å². The minimum absolute atomic E-state index is 0.00538. The number of aliphatic hydroxyl groups excluding tert-OH is 1. The van der Waals surface area contributed by atoms with Crippen molar-refractivity contribution >= 4 is 5.95 Å². The van der Waals surface area contributed by atoms with E-state index in [0.717, 1.165) is 18.2 Å². The summed E-state index contributed by atoms with van der Waals surface area (Å²) < 4.78 is 70.3. The van der Waals surface area contributed by atoms with Crippen molar-refractivity contribution in [2.75, 3.05) is 12.3 Å². The predicted molar refractivity (Wildman–Crippen MR) is 117 cm³/mol. The third-order valence-corrected chi connectivity index (χ3v) is 4.92. The number of nitrogen functional groups attached to an aromatic ring is 1. The first-order chi connectivity index (χ1) is 16.0. The Bertz CT molecular complexity index is 1330. The second-order valence-electron chi connectivity index (χ2n) is 7.45. The number of nitrogens with two attached hydrogens (primary N) is 1. The van der Waals surface area contributed by atoms with Gasteiger partial charge in [0.25, 0.3) is 0 Å². The van der Waals surface area contributed by atoms with Crippen LogP contribution in [0.4, 0.5) is 27.9 Å². The third kappa shape index (κ3) is 5.14. The average Bonchev–Trinajstić information content (AvgIpc) is 2.75. The molecule has 2 heterocycles. The first kappa shape index (κ1) is 25.0. The summed E-state index contributed by atoms with van der Waals surface area (Å²) in [5.41, 5.74) is 4.84. The van der Waals surface area contributed by atoms with Gasteiger partial charge in [0.05, 0.1) is 23.6 Å². The smallest absolute Gasteiger partial charge is 0.390 e. The van der Waals surface area contributed by atoms with Crippen LogP contribution in [0.25, 0.3) is 22.4 Å². The number of hydrogen-bond donors (Lipinski definition) is 2. The molecule has 11 heteroatoms. The molecule has 34 heavy (non-hydrogen) atoms. The van der Waals surface area contributed by atoms with Crippen LogP contribution in [0, 0.1) is 18.6 Å². The molecule has 0 radical (unpaired) electrons. The van der Waals surface area contributed by atoms with Crippen LogP contribution in [0.3, 0.4) is 0 Å². The molecular formula is C23H22F5N5O. The number of benzene rings is 1. The molecule has 0 atom stereocenters. The molecule has 0 saturated heterocycles. The molecule has 0 aliphatic heterocycles. The molecule has 3 N–H and O–H groups in total. The maximum Gasteiger partial charge on any atom is 0.433 e. The van der Waals surface area contributed by atoms with Gasteiger partial charge in [0.1, 0.15) is 22.8 Å². The van der Waals surface area contributed by atoms with E-state index in [-0.39, 0.29) is 45.2 Å². The molecule has 0 aliphatic carbocycles. The number of nitrogens with zero attached hydrogens (tertiary/aromatic N) is 4. The fourth-order valence-corrected chi connectivity index (χ4v) is 3.38. The van der Waals surface area contributed by atoms with Gasteiger partial charge >= 0.3 is 6.18 Å². The summed E-state index contributed by atoms with van der Waals surface area (Å²) in [6, 6.07) is 4.92. The van der Waals surface area contributed by atoms with E-state index in [0.29, 0.717) is 12.5 Å². The Morgan fingerprint density at radius 2 is 1.88 bits per heavy atom. The molecule has 0 unspecified atom stereocenters. The highest BCUT2D eigenvalue weighted by Crippen LogP contribution is 2.35. The van der Waals surface area contributed by atoms with Crippen molar-refractivity contribution in [3.05, 3.63) is 70.6 Å². The van der Waals surface area contributed by atoms with Crippen molar-refractivity contribution in [3.8, 4) is 22.4 Å². The van der Waals surface area contributed by atoms with Crippen LogP contribution in [0.1, 0.15) is 24.7 Å². The van der Waals surface area contributed by atoms with E-state index in [1.807, 2.05) is 6.92 Å². The standard InChI is InChI=1S/C23H22F5N5O/c1-4-5-15(11-34)31-21-19(13-8-12(2)30-18(9-13)23(26,27)28)20(32-22(29)33(21)3)16-7-6-14(24)10-17(16)25/h5-10,34H,4,11H2,1-3H3,(H2,29,32)/b15-5+,31-21?. The highest BCUT2D eigenvalue weighted by molar-refractivity contribution is 5.81. The van der Waals surface area contributed by atoms with Gasteiger partial charge in [0, 0.05) is 24.4 Å². The van der Waals surface area contributed by atoms with Crippen molar-refractivity contribution in [2.45, 2.75) is 26.4 Å². The van der Waals surface area contributed by atoms with Gasteiger partial charge in [0.15, 0.2) is 0 Å². The molecule has 0 bridgehead atoms. The van der Waals surface area contributed by atoms with Gasteiger partial charge < -0.3 is 10.8 Å². The highest BCUT2D eigenvalue weighted by Gasteiger charge is 2.33. The first-order valence-electron chi connectivity index (χ1n) is 10.2. The lowest BCUT2D eigenvalue weighted by Crippen LogP contribution is -2.26. The Balaban J connectivity index is 2.55. The quantitative estimate of drug-likeness (QED) is 0.527. The normalized spacial score (nSPS) is 13.0. The number of aliphatic hydroxyl groups is 1. The molecule has 0 amide bonds. The zero-order valence-electron chi connectivity index (χ0n) is 18.6. The molecule has 6 nitrogen and oxygen atoms in total. The van der Waals surface area contributed by atoms with E-state index < -0.39 is 30.1 Å². The van der Waals surface area contributed by atoms with Crippen molar-refractivity contribution in [3.63, 3.8) is 0 Å². The van der Waals surface area contributed by atoms with Crippen LogP contribution in [-0.4, -0.2) is 26.2 Å². The summed E-state index contributed by atoms with van der Waals surface area (Å²) >= 11 is 0. The number of aryl methyl sites for hydroxylation is 1. The predicted octanol–water partition coefficient (Wildman–Crippen LogP) is 4.52. The topological polar surface area (TPSA) is 89.3 Å². The molecule has 0 saturated carbocycles. The van der Waals surface area contributed by atoms with E-state index in [2.05, 4.69) is 15.0 Å². The summed E-state index contributed by atoms with van der Waals surface area (Å²) in [7, 11) is 1.48. The SMILES string of the molecule is CC/C=C(\CO)N=c1c(-c2cc(C)nc(C(F)(F)F)c2)c(-c2ccc(F)cc2F)nc(N)n1C. The van der Waals surface area contributed by atoms with Gasteiger partial charge in [-0.1, -0.05) is 13.0 Å². The number of alkyl halides is 3. The molecule has 0 fully saturated rings. The number of allylic oxidation sites excluding steroid dienone is 1. The monoisotopic (exact) mass is 479 g/mol. The van der Waals surface area contributed by atoms with Crippen LogP contribution >= 0.6 is 0 Å². The van der Waals surface area contributed by atoms with Crippen molar-refractivity contribution in [1.82, 2.24) is 14.5 Å². The lowest BCUT2D eigenvalue weighted by Gasteiger charge is -2.17. The molecular weight excluding hydrogens is 457 g/mol. The molecule has 2 aromatic heterocycles. The van der Waals surface area contributed by atoms with Crippen LogP contribution in [0.5, 0.6) is 0 Å². The molecule has 1 aromatic carbocycles. The van der Waals surface area contributed by atoms with Gasteiger partial charge in [-0.15, -0.1) is 0 Å². The Morgan fingerprint density at radius 1 is 1.18 bits per heavy atom. The maximum atomic E-state index is 14.8. The maximum absolute atomic E-state index is 14.8. The zero-order valence-corrected chi connectivity index (χ0v) is 18.6. The van der Waals surface area contributed by atoms with E-state index in [4.69, 9.17) is 5.73 Å². The fourth-order valence-electron chi connectivity index (χ4n) is 3.38. The Hall–Kier alpha value is -3.60. The fraction of sp³-hybridized carbons (Fsp3) is 0.261. The van der Waals surface area contributed by atoms with E-state index in [9.17, 15) is 27.1 Å². The molecule has 3 aromatic rings. The largest absolute Gasteiger partial charge is 0.433 e. The summed E-state index contributed by atoms with van der Waals surface area (Å²) in [6.45, 7) is 2.74. The van der Waals surface area contributed by atoms with Crippen molar-refractivity contribution < 1.29 is 27.1 Å². The minimum Gasteiger partial charge on any atom is -0.390 e. The molecule has 180 valence electrons. The summed E-state index contributed by atoms with van der Waals surface area (Å²) in [5.74, 6) is -1.95. The number of anilines is 1. The molecule has 0 spiro atoms. The van der Waals surface area contributed by atoms with Crippen molar-refractivity contribution in [2.24, 2.45) is 12.0 Å².